The smallest absolute Gasteiger partial charge is 0.225 e. The third-order valence-corrected chi connectivity index (χ3v) is 5.72. The van der Waals surface area contributed by atoms with Gasteiger partial charge in [0, 0.05) is 21.5 Å². The van der Waals surface area contributed by atoms with E-state index >= 15 is 0 Å². The van der Waals surface area contributed by atoms with Crippen molar-refractivity contribution in [3.63, 3.8) is 0 Å². The van der Waals surface area contributed by atoms with Crippen LogP contribution in [0.4, 0.5) is 0 Å². The first kappa shape index (κ1) is 18.3. The zero-order valence-corrected chi connectivity index (χ0v) is 16.9. The molecule has 4 rings (SSSR count). The molecule has 1 unspecified atom stereocenters. The lowest BCUT2D eigenvalue weighted by molar-refractivity contribution is -0.128. The number of aromatic nitrogens is 1. The number of ketones is 1. The minimum absolute atomic E-state index is 0.0257. The van der Waals surface area contributed by atoms with Crippen LogP contribution < -0.4 is 0 Å². The van der Waals surface area contributed by atoms with Crippen LogP contribution >= 0.6 is 11.6 Å². The number of Topliss-reactive ketones (excluding diaryl/α,β-unsaturated/α-hetero) is 1. The maximum atomic E-state index is 13.2. The number of aromatic amines is 1. The molecule has 0 bridgehead atoms. The Bertz CT molecular complexity index is 1230. The molecule has 1 aliphatic heterocycles. The predicted octanol–water partition coefficient (Wildman–Crippen LogP) is 5.50. The van der Waals surface area contributed by atoms with Crippen LogP contribution in [-0.4, -0.2) is 10.8 Å². The lowest BCUT2D eigenvalue weighted by atomic mass is 9.85. The molecule has 0 saturated heterocycles. The number of nitriles is 1. The summed E-state index contributed by atoms with van der Waals surface area (Å²) in [6.45, 7) is 7.72. The Hall–Kier alpha value is -3.03. The highest BCUT2D eigenvalue weighted by molar-refractivity contribution is 6.31. The van der Waals surface area contributed by atoms with E-state index in [2.05, 4.69) is 4.98 Å². The monoisotopic (exact) mass is 390 g/mol. The first-order chi connectivity index (χ1) is 13.2. The fraction of sp³-hybridized carbons (Fsp3) is 0.217. The minimum Gasteiger partial charge on any atom is -0.471 e. The maximum Gasteiger partial charge on any atom is 0.225 e. The molecule has 0 fully saturated rings. The van der Waals surface area contributed by atoms with Crippen molar-refractivity contribution in [3.05, 3.63) is 74.9 Å². The molecule has 2 heterocycles. The SMILES string of the molecule is Cc1cc(C)c(C2(C)OC(c3cc4cc(Cl)ccc4[nH]3)=C(C#N)C2=O)cc1C. The van der Waals surface area contributed by atoms with E-state index in [0.29, 0.717) is 10.7 Å². The van der Waals surface area contributed by atoms with Gasteiger partial charge in [-0.25, -0.2) is 0 Å². The number of hydrogen-bond acceptors (Lipinski definition) is 3. The zero-order valence-electron chi connectivity index (χ0n) is 16.1. The van der Waals surface area contributed by atoms with Crippen molar-refractivity contribution in [2.45, 2.75) is 33.3 Å². The minimum atomic E-state index is -1.24. The molecule has 0 saturated carbocycles. The summed E-state index contributed by atoms with van der Waals surface area (Å²) in [4.78, 5) is 16.4. The Morgan fingerprint density at radius 3 is 2.50 bits per heavy atom. The number of carbonyl (C=O) groups is 1. The average Bonchev–Trinajstić information content (AvgIpc) is 3.17. The molecule has 1 aliphatic rings. The largest absolute Gasteiger partial charge is 0.471 e. The third kappa shape index (κ3) is 2.63. The van der Waals surface area contributed by atoms with Crippen LogP contribution in [0.3, 0.4) is 0 Å². The topological polar surface area (TPSA) is 65.9 Å². The normalized spacial score (nSPS) is 19.2. The van der Waals surface area contributed by atoms with Gasteiger partial charge in [-0.15, -0.1) is 0 Å². The van der Waals surface area contributed by atoms with Crippen molar-refractivity contribution >= 4 is 34.0 Å². The molecule has 0 amide bonds. The number of benzene rings is 2. The van der Waals surface area contributed by atoms with Gasteiger partial charge in [0.15, 0.2) is 11.4 Å². The van der Waals surface area contributed by atoms with E-state index in [0.717, 1.165) is 33.2 Å². The number of fused-ring (bicyclic) bond motifs is 1. The van der Waals surface area contributed by atoms with Crippen molar-refractivity contribution in [1.82, 2.24) is 4.98 Å². The standard InChI is InChI=1S/C23H19ClN2O2/c1-12-7-14(3)18(8-13(12)2)23(4)22(27)17(11-25)21(28-23)20-10-15-9-16(24)5-6-19(15)26-20/h5-10,26H,1-4H3. The Kier molecular flexibility index (Phi) is 4.10. The van der Waals surface area contributed by atoms with E-state index in [1.54, 1.807) is 13.0 Å². The molecule has 2 aromatic carbocycles. The molecule has 5 heteroatoms. The summed E-state index contributed by atoms with van der Waals surface area (Å²) in [5.41, 5.74) is 4.20. The van der Waals surface area contributed by atoms with Crippen molar-refractivity contribution in [2.24, 2.45) is 0 Å². The van der Waals surface area contributed by atoms with Gasteiger partial charge in [0.1, 0.15) is 11.6 Å². The second kappa shape index (κ2) is 6.25. The van der Waals surface area contributed by atoms with E-state index in [4.69, 9.17) is 16.3 Å². The first-order valence-corrected chi connectivity index (χ1v) is 9.37. The van der Waals surface area contributed by atoms with Crippen molar-refractivity contribution < 1.29 is 9.53 Å². The molecule has 1 N–H and O–H groups in total. The lowest BCUT2D eigenvalue weighted by Gasteiger charge is -2.26. The number of rotatable bonds is 2. The van der Waals surface area contributed by atoms with E-state index in [1.165, 1.54) is 0 Å². The van der Waals surface area contributed by atoms with Crippen LogP contribution in [0.15, 0.2) is 42.0 Å². The second-order valence-electron chi connectivity index (χ2n) is 7.45. The van der Waals surface area contributed by atoms with E-state index in [1.807, 2.05) is 57.2 Å². The highest BCUT2D eigenvalue weighted by Gasteiger charge is 2.48. The molecule has 0 aliphatic carbocycles. The number of H-pyrrole nitrogens is 1. The van der Waals surface area contributed by atoms with Crippen LogP contribution in [0.5, 0.6) is 0 Å². The van der Waals surface area contributed by atoms with E-state index < -0.39 is 5.60 Å². The van der Waals surface area contributed by atoms with Gasteiger partial charge >= 0.3 is 0 Å². The summed E-state index contributed by atoms with van der Waals surface area (Å²) < 4.78 is 6.22. The van der Waals surface area contributed by atoms with Crippen LogP contribution in [0.25, 0.3) is 16.7 Å². The Morgan fingerprint density at radius 1 is 1.07 bits per heavy atom. The number of carbonyl (C=O) groups excluding carboxylic acids is 1. The summed E-state index contributed by atoms with van der Waals surface area (Å²) in [7, 11) is 0. The summed E-state index contributed by atoms with van der Waals surface area (Å²) in [6, 6.07) is 13.4. The Balaban J connectivity index is 1.85. The van der Waals surface area contributed by atoms with Gasteiger partial charge in [-0.05, 0) is 68.7 Å². The second-order valence-corrected chi connectivity index (χ2v) is 7.88. The number of nitrogens with zero attached hydrogens (tertiary/aromatic N) is 1. The van der Waals surface area contributed by atoms with E-state index in [-0.39, 0.29) is 17.1 Å². The Labute approximate surface area is 168 Å². The van der Waals surface area contributed by atoms with Gasteiger partial charge in [0.05, 0.1) is 5.69 Å². The molecule has 0 radical (unpaired) electrons. The van der Waals surface area contributed by atoms with Crippen LogP contribution in [-0.2, 0) is 15.1 Å². The summed E-state index contributed by atoms with van der Waals surface area (Å²) >= 11 is 6.07. The summed E-state index contributed by atoms with van der Waals surface area (Å²) in [6.07, 6.45) is 0. The summed E-state index contributed by atoms with van der Waals surface area (Å²) in [5, 5.41) is 11.2. The molecule has 0 spiro atoms. The number of hydrogen-bond donors (Lipinski definition) is 1. The molecule has 1 aromatic heterocycles. The highest BCUT2D eigenvalue weighted by atomic mass is 35.5. The van der Waals surface area contributed by atoms with Gasteiger partial charge < -0.3 is 9.72 Å². The molecular formula is C23H19ClN2O2. The van der Waals surface area contributed by atoms with Gasteiger partial charge in [0.2, 0.25) is 5.78 Å². The quantitative estimate of drug-likeness (QED) is 0.628. The fourth-order valence-corrected chi connectivity index (χ4v) is 3.99. The molecule has 28 heavy (non-hydrogen) atoms. The number of halogens is 1. The van der Waals surface area contributed by atoms with Crippen LogP contribution in [0.2, 0.25) is 5.02 Å². The summed E-state index contributed by atoms with van der Waals surface area (Å²) in [5.74, 6) is -0.0482. The van der Waals surface area contributed by atoms with Gasteiger partial charge in [-0.3, -0.25) is 4.79 Å². The van der Waals surface area contributed by atoms with Gasteiger partial charge in [-0.1, -0.05) is 23.7 Å². The molecule has 140 valence electrons. The average molecular weight is 391 g/mol. The third-order valence-electron chi connectivity index (χ3n) is 5.49. The van der Waals surface area contributed by atoms with Gasteiger partial charge in [0.25, 0.3) is 0 Å². The zero-order chi connectivity index (χ0) is 20.2. The van der Waals surface area contributed by atoms with E-state index in [9.17, 15) is 10.1 Å². The molecule has 1 atom stereocenters. The Morgan fingerprint density at radius 2 is 1.79 bits per heavy atom. The van der Waals surface area contributed by atoms with Crippen molar-refractivity contribution in [1.29, 1.82) is 5.26 Å². The highest BCUT2D eigenvalue weighted by Crippen LogP contribution is 2.44. The number of nitrogens with one attached hydrogen (secondary N) is 1. The van der Waals surface area contributed by atoms with Crippen LogP contribution in [0.1, 0.15) is 34.9 Å². The maximum absolute atomic E-state index is 13.2. The lowest BCUT2D eigenvalue weighted by Crippen LogP contribution is -2.32. The van der Waals surface area contributed by atoms with Crippen molar-refractivity contribution in [3.8, 4) is 6.07 Å². The fourth-order valence-electron chi connectivity index (χ4n) is 3.81. The first-order valence-electron chi connectivity index (χ1n) is 9.00. The number of ether oxygens (including phenoxy) is 1. The predicted molar refractivity (Wildman–Crippen MR) is 110 cm³/mol. The van der Waals surface area contributed by atoms with Gasteiger partial charge in [-0.2, -0.15) is 5.26 Å². The molecular weight excluding hydrogens is 372 g/mol. The van der Waals surface area contributed by atoms with Crippen molar-refractivity contribution in [2.75, 3.05) is 0 Å². The molecule has 4 nitrogen and oxygen atoms in total. The molecule has 3 aromatic rings. The number of aryl methyl sites for hydroxylation is 3. The van der Waals surface area contributed by atoms with Crippen LogP contribution in [0, 0.1) is 32.1 Å².